The van der Waals surface area contributed by atoms with Gasteiger partial charge >= 0.3 is 0 Å². The van der Waals surface area contributed by atoms with E-state index in [1.165, 1.54) is 0 Å². The first-order chi connectivity index (χ1) is 5.75. The van der Waals surface area contributed by atoms with Crippen molar-refractivity contribution in [2.24, 2.45) is 0 Å². The van der Waals surface area contributed by atoms with Crippen LogP contribution in [0.15, 0.2) is 0 Å². The van der Waals surface area contributed by atoms with Crippen molar-refractivity contribution in [2.75, 3.05) is 19.8 Å². The Kier molecular flexibility index (Phi) is 3.53. The van der Waals surface area contributed by atoms with E-state index in [1.54, 1.807) is 0 Å². The molecule has 1 fully saturated rings. The minimum absolute atomic E-state index is 0.244. The number of rotatable bonds is 1. The van der Waals surface area contributed by atoms with Gasteiger partial charge in [-0.15, -0.1) is 0 Å². The second kappa shape index (κ2) is 4.45. The molecule has 0 N–H and O–H groups in total. The van der Waals surface area contributed by atoms with Crippen LogP contribution in [0.25, 0.3) is 0 Å². The molecular weight excluding hydrogens is 154 g/mol. The van der Waals surface area contributed by atoms with Crippen LogP contribution in [0.3, 0.4) is 0 Å². The van der Waals surface area contributed by atoms with Crippen LogP contribution in [0.4, 0.5) is 0 Å². The Balaban J connectivity index is 2.52. The fraction of sp³-hybridized carbons (Fsp3) is 0.889. The summed E-state index contributed by atoms with van der Waals surface area (Å²) in [6, 6.07) is 0.250. The summed E-state index contributed by atoms with van der Waals surface area (Å²) in [7, 11) is 0. The zero-order valence-corrected chi connectivity index (χ0v) is 7.88. The SMILES string of the molecule is CCC(=O)N1CCCOCC1C. The molecular formula is C9H17NO2. The number of nitrogens with zero attached hydrogens (tertiary/aromatic N) is 1. The van der Waals surface area contributed by atoms with Crippen molar-refractivity contribution in [3.63, 3.8) is 0 Å². The Bertz CT molecular complexity index is 159. The molecule has 1 unspecified atom stereocenters. The highest BCUT2D eigenvalue weighted by atomic mass is 16.5. The Morgan fingerprint density at radius 1 is 1.67 bits per heavy atom. The number of hydrogen-bond acceptors (Lipinski definition) is 2. The van der Waals surface area contributed by atoms with E-state index < -0.39 is 0 Å². The standard InChI is InChI=1S/C9H17NO2/c1-3-9(11)10-5-4-6-12-7-8(10)2/h8H,3-7H2,1-2H3. The third-order valence-corrected chi connectivity index (χ3v) is 2.20. The van der Waals surface area contributed by atoms with E-state index in [4.69, 9.17) is 4.74 Å². The summed E-state index contributed by atoms with van der Waals surface area (Å²) in [5, 5.41) is 0. The minimum atomic E-state index is 0.244. The first kappa shape index (κ1) is 9.52. The first-order valence-electron chi connectivity index (χ1n) is 4.63. The normalized spacial score (nSPS) is 25.2. The van der Waals surface area contributed by atoms with Crippen LogP contribution in [0.2, 0.25) is 0 Å². The Morgan fingerprint density at radius 2 is 2.42 bits per heavy atom. The summed E-state index contributed by atoms with van der Waals surface area (Å²) in [6.07, 6.45) is 1.57. The lowest BCUT2D eigenvalue weighted by molar-refractivity contribution is -0.133. The lowest BCUT2D eigenvalue weighted by Crippen LogP contribution is -2.39. The number of carbonyl (C=O) groups excluding carboxylic acids is 1. The molecule has 3 nitrogen and oxygen atoms in total. The molecule has 0 saturated carbocycles. The predicted octanol–water partition coefficient (Wildman–Crippen LogP) is 1.03. The molecule has 0 bridgehead atoms. The summed E-state index contributed by atoms with van der Waals surface area (Å²) in [5.74, 6) is 0.244. The molecule has 0 aromatic heterocycles. The maximum absolute atomic E-state index is 11.4. The molecule has 1 aliphatic heterocycles. The van der Waals surface area contributed by atoms with Gasteiger partial charge in [-0.25, -0.2) is 0 Å². The van der Waals surface area contributed by atoms with Gasteiger partial charge in [-0.1, -0.05) is 6.92 Å². The number of amides is 1. The molecule has 1 rings (SSSR count). The molecule has 0 spiro atoms. The van der Waals surface area contributed by atoms with Gasteiger partial charge in [-0.2, -0.15) is 0 Å². The predicted molar refractivity (Wildman–Crippen MR) is 46.9 cm³/mol. The van der Waals surface area contributed by atoms with Crippen molar-refractivity contribution in [2.45, 2.75) is 32.7 Å². The summed E-state index contributed by atoms with van der Waals surface area (Å²) in [6.45, 7) is 6.27. The molecule has 0 aromatic carbocycles. The first-order valence-corrected chi connectivity index (χ1v) is 4.63. The van der Waals surface area contributed by atoms with E-state index in [-0.39, 0.29) is 11.9 Å². The van der Waals surface area contributed by atoms with Crippen LogP contribution in [0.5, 0.6) is 0 Å². The molecule has 1 saturated heterocycles. The highest BCUT2D eigenvalue weighted by Gasteiger charge is 2.20. The van der Waals surface area contributed by atoms with E-state index in [0.717, 1.165) is 19.6 Å². The zero-order chi connectivity index (χ0) is 8.97. The van der Waals surface area contributed by atoms with Crippen molar-refractivity contribution in [3.05, 3.63) is 0 Å². The lowest BCUT2D eigenvalue weighted by Gasteiger charge is -2.25. The fourth-order valence-electron chi connectivity index (χ4n) is 1.47. The van der Waals surface area contributed by atoms with Crippen molar-refractivity contribution >= 4 is 5.91 Å². The van der Waals surface area contributed by atoms with Gasteiger partial charge in [0.05, 0.1) is 12.6 Å². The average molecular weight is 171 g/mol. The zero-order valence-electron chi connectivity index (χ0n) is 7.88. The van der Waals surface area contributed by atoms with Gasteiger partial charge in [0.1, 0.15) is 0 Å². The molecule has 3 heteroatoms. The van der Waals surface area contributed by atoms with Gasteiger partial charge in [-0.05, 0) is 13.3 Å². The third kappa shape index (κ3) is 2.21. The van der Waals surface area contributed by atoms with E-state index >= 15 is 0 Å². The summed E-state index contributed by atoms with van der Waals surface area (Å²) < 4.78 is 5.34. The van der Waals surface area contributed by atoms with Gasteiger partial charge < -0.3 is 9.64 Å². The van der Waals surface area contributed by atoms with E-state index in [0.29, 0.717) is 13.0 Å². The molecule has 1 aliphatic rings. The monoisotopic (exact) mass is 171 g/mol. The Morgan fingerprint density at radius 3 is 3.08 bits per heavy atom. The second-order valence-electron chi connectivity index (χ2n) is 3.22. The molecule has 1 atom stereocenters. The average Bonchev–Trinajstić information content (AvgIpc) is 2.28. The number of hydrogen-bond donors (Lipinski definition) is 0. The topological polar surface area (TPSA) is 29.5 Å². The highest BCUT2D eigenvalue weighted by Crippen LogP contribution is 2.08. The maximum Gasteiger partial charge on any atom is 0.222 e. The van der Waals surface area contributed by atoms with Gasteiger partial charge in [0.15, 0.2) is 0 Å². The molecule has 1 heterocycles. The Labute approximate surface area is 73.7 Å². The fourth-order valence-corrected chi connectivity index (χ4v) is 1.47. The van der Waals surface area contributed by atoms with Crippen LogP contribution in [-0.2, 0) is 9.53 Å². The van der Waals surface area contributed by atoms with Crippen molar-refractivity contribution in [1.29, 1.82) is 0 Å². The van der Waals surface area contributed by atoms with Crippen LogP contribution in [0.1, 0.15) is 26.7 Å². The van der Waals surface area contributed by atoms with Crippen molar-refractivity contribution < 1.29 is 9.53 Å². The smallest absolute Gasteiger partial charge is 0.222 e. The molecule has 1 amide bonds. The van der Waals surface area contributed by atoms with Crippen LogP contribution < -0.4 is 0 Å². The number of carbonyl (C=O) groups is 1. The molecule has 0 aromatic rings. The second-order valence-corrected chi connectivity index (χ2v) is 3.22. The van der Waals surface area contributed by atoms with E-state index in [9.17, 15) is 4.79 Å². The maximum atomic E-state index is 11.4. The highest BCUT2D eigenvalue weighted by molar-refractivity contribution is 5.76. The van der Waals surface area contributed by atoms with Gasteiger partial charge in [0.25, 0.3) is 0 Å². The summed E-state index contributed by atoms with van der Waals surface area (Å²) >= 11 is 0. The number of ether oxygens (including phenoxy) is 1. The molecule has 0 radical (unpaired) electrons. The minimum Gasteiger partial charge on any atom is -0.379 e. The molecule has 0 aliphatic carbocycles. The lowest BCUT2D eigenvalue weighted by atomic mass is 10.2. The van der Waals surface area contributed by atoms with Crippen LogP contribution >= 0.6 is 0 Å². The summed E-state index contributed by atoms with van der Waals surface area (Å²) in [5.41, 5.74) is 0. The summed E-state index contributed by atoms with van der Waals surface area (Å²) in [4.78, 5) is 13.3. The van der Waals surface area contributed by atoms with Crippen LogP contribution in [0, 0.1) is 0 Å². The molecule has 70 valence electrons. The van der Waals surface area contributed by atoms with Gasteiger partial charge in [0.2, 0.25) is 5.91 Å². The Hall–Kier alpha value is -0.570. The van der Waals surface area contributed by atoms with E-state index in [1.807, 2.05) is 18.7 Å². The van der Waals surface area contributed by atoms with Crippen molar-refractivity contribution in [3.8, 4) is 0 Å². The van der Waals surface area contributed by atoms with Crippen LogP contribution in [-0.4, -0.2) is 36.6 Å². The third-order valence-electron chi connectivity index (χ3n) is 2.20. The van der Waals surface area contributed by atoms with Gasteiger partial charge in [-0.3, -0.25) is 4.79 Å². The molecule has 12 heavy (non-hydrogen) atoms. The van der Waals surface area contributed by atoms with E-state index in [2.05, 4.69) is 0 Å². The largest absolute Gasteiger partial charge is 0.379 e. The van der Waals surface area contributed by atoms with Gasteiger partial charge in [0, 0.05) is 19.6 Å². The van der Waals surface area contributed by atoms with Crippen molar-refractivity contribution in [1.82, 2.24) is 4.90 Å². The quantitative estimate of drug-likeness (QED) is 0.590.